The summed E-state index contributed by atoms with van der Waals surface area (Å²) >= 11 is 0. The van der Waals surface area contributed by atoms with Crippen LogP contribution in [0.25, 0.3) is 27.6 Å². The van der Waals surface area contributed by atoms with Crippen LogP contribution in [0, 0.1) is 0 Å². The van der Waals surface area contributed by atoms with Crippen LogP contribution in [0.5, 0.6) is 0 Å². The fourth-order valence-electron chi connectivity index (χ4n) is 3.10. The fraction of sp³-hybridized carbons (Fsp3) is 0.167. The largest absolute Gasteiger partial charge is 0.474 e. The number of nitrogens with zero attached hydrogens (tertiary/aromatic N) is 2. The molecule has 1 aliphatic heterocycles. The van der Waals surface area contributed by atoms with Crippen molar-refractivity contribution in [1.82, 2.24) is 4.57 Å². The van der Waals surface area contributed by atoms with Crippen molar-refractivity contribution in [3.63, 3.8) is 0 Å². The zero-order valence-corrected chi connectivity index (χ0v) is 12.0. The predicted molar refractivity (Wildman–Crippen MR) is 85.7 cm³/mol. The van der Waals surface area contributed by atoms with E-state index >= 15 is 0 Å². The average molecular weight is 276 g/mol. The highest BCUT2D eigenvalue weighted by Gasteiger charge is 2.18. The van der Waals surface area contributed by atoms with Crippen LogP contribution in [0.4, 0.5) is 0 Å². The van der Waals surface area contributed by atoms with Gasteiger partial charge in [0, 0.05) is 22.9 Å². The topological polar surface area (TPSA) is 26.5 Å². The van der Waals surface area contributed by atoms with Gasteiger partial charge in [-0.2, -0.15) is 0 Å². The Morgan fingerprint density at radius 2 is 1.86 bits per heavy atom. The van der Waals surface area contributed by atoms with Gasteiger partial charge in [-0.1, -0.05) is 42.5 Å². The lowest BCUT2D eigenvalue weighted by molar-refractivity contribution is 0.239. The third-order valence-corrected chi connectivity index (χ3v) is 3.96. The Labute approximate surface area is 122 Å². The first kappa shape index (κ1) is 12.2. The van der Waals surface area contributed by atoms with E-state index in [2.05, 4.69) is 47.5 Å². The zero-order valence-electron chi connectivity index (χ0n) is 12.0. The molecule has 4 rings (SSSR count). The number of rotatable bonds is 1. The van der Waals surface area contributed by atoms with Crippen molar-refractivity contribution in [3.05, 3.63) is 60.1 Å². The molecule has 2 heterocycles. The number of aromatic nitrogens is 1. The van der Waals surface area contributed by atoms with Gasteiger partial charge in [0.1, 0.15) is 12.1 Å². The molecule has 0 radical (unpaired) electrons. The molecule has 0 atom stereocenters. The highest BCUT2D eigenvalue weighted by atomic mass is 16.5. The van der Waals surface area contributed by atoms with E-state index in [9.17, 15) is 0 Å². The maximum Gasteiger partial charge on any atom is 0.192 e. The molecule has 0 amide bonds. The maximum absolute atomic E-state index is 5.74. The Morgan fingerprint density at radius 3 is 2.67 bits per heavy atom. The van der Waals surface area contributed by atoms with Gasteiger partial charge in [-0.3, -0.25) is 9.56 Å². The Bertz CT molecular complexity index is 950. The molecule has 3 nitrogen and oxygen atoms in total. The summed E-state index contributed by atoms with van der Waals surface area (Å²) in [5, 5.41) is 3.59. The van der Waals surface area contributed by atoms with Gasteiger partial charge >= 0.3 is 0 Å². The molecule has 1 aromatic heterocycles. The van der Waals surface area contributed by atoms with Crippen molar-refractivity contribution in [2.45, 2.75) is 13.5 Å². The predicted octanol–water partition coefficient (Wildman–Crippen LogP) is 3.67. The van der Waals surface area contributed by atoms with E-state index in [1.54, 1.807) is 0 Å². The molecular weight excluding hydrogens is 260 g/mol. The molecular formula is C18H16N2O. The van der Waals surface area contributed by atoms with Crippen LogP contribution in [-0.4, -0.2) is 11.1 Å². The van der Waals surface area contributed by atoms with Crippen LogP contribution in [0.15, 0.2) is 54.0 Å². The Kier molecular flexibility index (Phi) is 2.61. The van der Waals surface area contributed by atoms with Gasteiger partial charge < -0.3 is 4.74 Å². The second-order valence-corrected chi connectivity index (χ2v) is 5.17. The van der Waals surface area contributed by atoms with Gasteiger partial charge in [-0.15, -0.1) is 0 Å². The molecule has 2 aromatic carbocycles. The van der Waals surface area contributed by atoms with Gasteiger partial charge in [-0.25, -0.2) is 0 Å². The van der Waals surface area contributed by atoms with Crippen LogP contribution in [0.1, 0.15) is 12.5 Å². The number of ether oxygens (including phenoxy) is 1. The Balaban J connectivity index is 2.39. The summed E-state index contributed by atoms with van der Waals surface area (Å²) in [5.74, 6) is 0.650. The van der Waals surface area contributed by atoms with Crippen LogP contribution >= 0.6 is 0 Å². The monoisotopic (exact) mass is 276 g/mol. The minimum atomic E-state index is 0.570. The molecule has 0 aliphatic carbocycles. The summed E-state index contributed by atoms with van der Waals surface area (Å²) in [7, 11) is 0. The maximum atomic E-state index is 5.74. The van der Waals surface area contributed by atoms with Crippen molar-refractivity contribution >= 4 is 27.6 Å². The molecule has 0 bridgehead atoms. The molecule has 0 spiro atoms. The Hall–Kier alpha value is -2.55. The standard InChI is InChI=1S/C18H16N2O/c1-3-19-18-16-9-5-4-8-14(16)15-10-6-7-13-11-21-12(2)20(18)17(13)15/h4-10H,2-3,11H2,1H3. The normalized spacial score (nSPS) is 14.7. The number of para-hydroxylation sites is 1. The highest BCUT2D eigenvalue weighted by molar-refractivity contribution is 6.07. The Morgan fingerprint density at radius 1 is 1.10 bits per heavy atom. The van der Waals surface area contributed by atoms with Crippen molar-refractivity contribution in [3.8, 4) is 0 Å². The van der Waals surface area contributed by atoms with Crippen molar-refractivity contribution in [2.24, 2.45) is 4.99 Å². The second kappa shape index (κ2) is 4.48. The van der Waals surface area contributed by atoms with E-state index in [1.165, 1.54) is 21.9 Å². The van der Waals surface area contributed by atoms with Crippen LogP contribution < -0.4 is 5.49 Å². The third kappa shape index (κ3) is 1.64. The van der Waals surface area contributed by atoms with E-state index in [-0.39, 0.29) is 0 Å². The van der Waals surface area contributed by atoms with Gasteiger partial charge in [0.05, 0.1) is 5.52 Å². The molecule has 21 heavy (non-hydrogen) atoms. The van der Waals surface area contributed by atoms with Crippen LogP contribution in [-0.2, 0) is 11.3 Å². The van der Waals surface area contributed by atoms with E-state index < -0.39 is 0 Å². The van der Waals surface area contributed by atoms with Crippen molar-refractivity contribution < 1.29 is 4.74 Å². The number of pyridine rings is 1. The van der Waals surface area contributed by atoms with E-state index in [4.69, 9.17) is 9.73 Å². The minimum absolute atomic E-state index is 0.570. The van der Waals surface area contributed by atoms with Crippen LogP contribution in [0.3, 0.4) is 0 Å². The number of benzene rings is 2. The van der Waals surface area contributed by atoms with Gasteiger partial charge in [0.2, 0.25) is 0 Å². The third-order valence-electron chi connectivity index (χ3n) is 3.96. The number of hydrogen-bond acceptors (Lipinski definition) is 2. The number of fused-ring (bicyclic) bond motifs is 2. The lowest BCUT2D eigenvalue weighted by atomic mass is 10.0. The molecule has 3 aromatic rings. The van der Waals surface area contributed by atoms with Crippen molar-refractivity contribution in [2.75, 3.05) is 6.54 Å². The molecule has 3 heteroatoms. The summed E-state index contributed by atoms with van der Waals surface area (Å²) in [6.45, 7) is 7.41. The zero-order chi connectivity index (χ0) is 14.4. The molecule has 104 valence electrons. The first-order chi connectivity index (χ1) is 10.3. The quantitative estimate of drug-likeness (QED) is 0.623. The van der Waals surface area contributed by atoms with Gasteiger partial charge in [0.25, 0.3) is 0 Å². The number of hydrogen-bond donors (Lipinski definition) is 0. The summed E-state index contributed by atoms with van der Waals surface area (Å²) in [5.41, 5.74) is 3.27. The van der Waals surface area contributed by atoms with E-state index in [1.807, 2.05) is 13.0 Å². The minimum Gasteiger partial charge on any atom is -0.474 e. The molecule has 0 unspecified atom stereocenters. The van der Waals surface area contributed by atoms with Gasteiger partial charge in [0.15, 0.2) is 5.88 Å². The summed E-state index contributed by atoms with van der Waals surface area (Å²) < 4.78 is 7.79. The fourth-order valence-corrected chi connectivity index (χ4v) is 3.10. The summed E-state index contributed by atoms with van der Waals surface area (Å²) in [6, 6.07) is 14.7. The first-order valence-corrected chi connectivity index (χ1v) is 7.19. The lowest BCUT2D eigenvalue weighted by Gasteiger charge is -2.24. The molecule has 0 N–H and O–H groups in total. The smallest absolute Gasteiger partial charge is 0.192 e. The van der Waals surface area contributed by atoms with E-state index in [0.29, 0.717) is 12.5 Å². The molecule has 0 fully saturated rings. The first-order valence-electron chi connectivity index (χ1n) is 7.19. The SMILES string of the molecule is C=C1OCc2cccc3c4ccccc4c(=NCC)n1c23. The summed E-state index contributed by atoms with van der Waals surface area (Å²) in [4.78, 5) is 4.70. The second-order valence-electron chi connectivity index (χ2n) is 5.17. The molecule has 0 saturated carbocycles. The highest BCUT2D eigenvalue weighted by Crippen LogP contribution is 2.30. The molecule has 0 saturated heterocycles. The average Bonchev–Trinajstić information content (AvgIpc) is 2.53. The van der Waals surface area contributed by atoms with Crippen molar-refractivity contribution in [1.29, 1.82) is 0 Å². The molecule has 1 aliphatic rings. The lowest BCUT2D eigenvalue weighted by Crippen LogP contribution is -2.26. The summed E-state index contributed by atoms with van der Waals surface area (Å²) in [6.07, 6.45) is 0. The van der Waals surface area contributed by atoms with E-state index in [0.717, 1.165) is 17.4 Å². The van der Waals surface area contributed by atoms with Gasteiger partial charge in [-0.05, 0) is 18.9 Å². The van der Waals surface area contributed by atoms with Crippen LogP contribution in [0.2, 0.25) is 0 Å².